The second kappa shape index (κ2) is 6.22. The first-order chi connectivity index (χ1) is 10.2. The summed E-state index contributed by atoms with van der Waals surface area (Å²) in [6, 6.07) is 15.7. The van der Waals surface area contributed by atoms with Crippen molar-refractivity contribution in [2.45, 2.75) is 37.1 Å². The van der Waals surface area contributed by atoms with Crippen molar-refractivity contribution in [2.24, 2.45) is 5.84 Å². The molecule has 3 heteroatoms. The molecule has 2 aromatic rings. The van der Waals surface area contributed by atoms with Crippen LogP contribution in [0.5, 0.6) is 0 Å². The minimum absolute atomic E-state index is 0.280. The maximum Gasteiger partial charge on any atom is 0.0327 e. The molecule has 3 N–H and O–H groups in total. The second-order valence-electron chi connectivity index (χ2n) is 5.93. The number of aryl methyl sites for hydroxylation is 2. The van der Waals surface area contributed by atoms with Crippen molar-refractivity contribution < 1.29 is 0 Å². The Hall–Kier alpha value is -1.29. The lowest BCUT2D eigenvalue weighted by molar-refractivity contribution is 0.463. The van der Waals surface area contributed by atoms with E-state index in [1.165, 1.54) is 27.1 Å². The van der Waals surface area contributed by atoms with Gasteiger partial charge >= 0.3 is 0 Å². The fourth-order valence-electron chi connectivity index (χ4n) is 3.28. The maximum atomic E-state index is 5.87. The Bertz CT molecular complexity index is 619. The van der Waals surface area contributed by atoms with Gasteiger partial charge in [0.1, 0.15) is 0 Å². The Morgan fingerprint density at radius 1 is 1.19 bits per heavy atom. The number of benzene rings is 2. The van der Waals surface area contributed by atoms with Crippen molar-refractivity contribution >= 4 is 11.8 Å². The Kier molecular flexibility index (Phi) is 4.34. The van der Waals surface area contributed by atoms with E-state index in [1.807, 2.05) is 11.8 Å². The summed E-state index contributed by atoms with van der Waals surface area (Å²) in [5.41, 5.74) is 8.51. The molecule has 2 aromatic carbocycles. The first kappa shape index (κ1) is 14.6. The fraction of sp³-hybridized carbons (Fsp3) is 0.333. The van der Waals surface area contributed by atoms with E-state index in [-0.39, 0.29) is 6.04 Å². The summed E-state index contributed by atoms with van der Waals surface area (Å²) in [4.78, 5) is 1.41. The topological polar surface area (TPSA) is 38.0 Å². The largest absolute Gasteiger partial charge is 0.271 e. The number of fused-ring (bicyclic) bond motifs is 1. The molecule has 0 bridgehead atoms. The summed E-state index contributed by atoms with van der Waals surface area (Å²) in [7, 11) is 0. The number of hydrazine groups is 1. The van der Waals surface area contributed by atoms with Crippen molar-refractivity contribution in [3.05, 3.63) is 64.7 Å². The molecule has 0 amide bonds. The Morgan fingerprint density at radius 3 is 2.62 bits per heavy atom. The van der Waals surface area contributed by atoms with Gasteiger partial charge in [-0.15, -0.1) is 11.8 Å². The van der Waals surface area contributed by atoms with Crippen molar-refractivity contribution in [1.29, 1.82) is 0 Å². The Balaban J connectivity index is 1.83. The molecule has 0 aromatic heterocycles. The normalized spacial score (nSPS) is 18.5. The number of rotatable bonds is 4. The zero-order valence-corrected chi connectivity index (χ0v) is 13.4. The molecular weight excluding hydrogens is 276 g/mol. The van der Waals surface area contributed by atoms with E-state index in [4.69, 9.17) is 5.84 Å². The van der Waals surface area contributed by atoms with Gasteiger partial charge in [-0.1, -0.05) is 47.5 Å². The van der Waals surface area contributed by atoms with E-state index >= 15 is 0 Å². The SMILES string of the molecule is Cc1cc(C)cc(CC(NN)C2CSc3ccccc32)c1. The zero-order valence-electron chi connectivity index (χ0n) is 12.6. The van der Waals surface area contributed by atoms with Gasteiger partial charge in [0, 0.05) is 22.6 Å². The second-order valence-corrected chi connectivity index (χ2v) is 6.99. The van der Waals surface area contributed by atoms with E-state index in [1.54, 1.807) is 0 Å². The monoisotopic (exact) mass is 298 g/mol. The quantitative estimate of drug-likeness (QED) is 0.669. The van der Waals surface area contributed by atoms with Crippen LogP contribution in [0.4, 0.5) is 0 Å². The molecule has 2 nitrogen and oxygen atoms in total. The van der Waals surface area contributed by atoms with E-state index in [9.17, 15) is 0 Å². The van der Waals surface area contributed by atoms with Crippen LogP contribution < -0.4 is 11.3 Å². The van der Waals surface area contributed by atoms with Crippen LogP contribution in [0, 0.1) is 13.8 Å². The highest BCUT2D eigenvalue weighted by molar-refractivity contribution is 7.99. The third kappa shape index (κ3) is 3.15. The van der Waals surface area contributed by atoms with Gasteiger partial charge in [0.15, 0.2) is 0 Å². The molecule has 0 spiro atoms. The highest BCUT2D eigenvalue weighted by atomic mass is 32.2. The predicted octanol–water partition coefficient (Wildman–Crippen LogP) is 3.57. The Morgan fingerprint density at radius 2 is 1.90 bits per heavy atom. The lowest BCUT2D eigenvalue weighted by Crippen LogP contribution is -2.41. The van der Waals surface area contributed by atoms with Crippen LogP contribution in [0.15, 0.2) is 47.4 Å². The standard InChI is InChI=1S/C18H22N2S/c1-12-7-13(2)9-14(8-12)10-17(20-19)16-11-21-18-6-4-3-5-15(16)18/h3-9,16-17,20H,10-11,19H2,1-2H3. The molecule has 1 aliphatic heterocycles. The van der Waals surface area contributed by atoms with Crippen LogP contribution in [-0.4, -0.2) is 11.8 Å². The highest BCUT2D eigenvalue weighted by Crippen LogP contribution is 2.41. The first-order valence-electron chi connectivity index (χ1n) is 7.42. The molecule has 0 saturated carbocycles. The molecule has 0 radical (unpaired) electrons. The number of hydrogen-bond acceptors (Lipinski definition) is 3. The molecule has 21 heavy (non-hydrogen) atoms. The highest BCUT2D eigenvalue weighted by Gasteiger charge is 2.29. The molecule has 0 fully saturated rings. The van der Waals surface area contributed by atoms with E-state index in [0.717, 1.165) is 12.2 Å². The fourth-order valence-corrected chi connectivity index (χ4v) is 4.61. The van der Waals surface area contributed by atoms with Crippen LogP contribution in [0.3, 0.4) is 0 Å². The summed E-state index contributed by atoms with van der Waals surface area (Å²) in [5, 5.41) is 0. The van der Waals surface area contributed by atoms with Gasteiger partial charge < -0.3 is 0 Å². The molecule has 2 atom stereocenters. The molecule has 1 heterocycles. The lowest BCUT2D eigenvalue weighted by Gasteiger charge is -2.23. The molecule has 2 unspecified atom stereocenters. The van der Waals surface area contributed by atoms with Crippen LogP contribution in [0.2, 0.25) is 0 Å². The summed E-state index contributed by atoms with van der Waals surface area (Å²) >= 11 is 1.94. The minimum Gasteiger partial charge on any atom is -0.271 e. The lowest BCUT2D eigenvalue weighted by atomic mass is 9.89. The van der Waals surface area contributed by atoms with Crippen molar-refractivity contribution in [1.82, 2.24) is 5.43 Å². The summed E-state index contributed by atoms with van der Waals surface area (Å²) in [6.45, 7) is 4.31. The average molecular weight is 298 g/mol. The zero-order chi connectivity index (χ0) is 14.8. The maximum absolute atomic E-state index is 5.87. The van der Waals surface area contributed by atoms with Gasteiger partial charge in [0.25, 0.3) is 0 Å². The van der Waals surface area contributed by atoms with Crippen molar-refractivity contribution in [2.75, 3.05) is 5.75 Å². The molecule has 3 rings (SSSR count). The molecule has 0 aliphatic carbocycles. The molecule has 1 aliphatic rings. The van der Waals surface area contributed by atoms with Crippen molar-refractivity contribution in [3.63, 3.8) is 0 Å². The number of nitrogens with one attached hydrogen (secondary N) is 1. The van der Waals surface area contributed by atoms with Crippen molar-refractivity contribution in [3.8, 4) is 0 Å². The smallest absolute Gasteiger partial charge is 0.0327 e. The summed E-state index contributed by atoms with van der Waals surface area (Å²) in [5.74, 6) is 7.47. The first-order valence-corrected chi connectivity index (χ1v) is 8.41. The third-order valence-corrected chi connectivity index (χ3v) is 5.38. The molecule has 0 saturated heterocycles. The molecule has 110 valence electrons. The van der Waals surface area contributed by atoms with Crippen LogP contribution >= 0.6 is 11.8 Å². The average Bonchev–Trinajstić information content (AvgIpc) is 2.87. The predicted molar refractivity (Wildman–Crippen MR) is 90.6 cm³/mol. The number of thioether (sulfide) groups is 1. The van der Waals surface area contributed by atoms with Crippen LogP contribution in [-0.2, 0) is 6.42 Å². The van der Waals surface area contributed by atoms with Crippen LogP contribution in [0.1, 0.15) is 28.2 Å². The number of nitrogens with two attached hydrogens (primary N) is 1. The van der Waals surface area contributed by atoms with Gasteiger partial charge in [0.2, 0.25) is 0 Å². The van der Waals surface area contributed by atoms with Gasteiger partial charge in [-0.25, -0.2) is 0 Å². The van der Waals surface area contributed by atoms with Gasteiger partial charge in [-0.2, -0.15) is 0 Å². The van der Waals surface area contributed by atoms with E-state index in [2.05, 4.69) is 61.7 Å². The minimum atomic E-state index is 0.280. The summed E-state index contributed by atoms with van der Waals surface area (Å²) in [6.07, 6.45) is 0.971. The van der Waals surface area contributed by atoms with E-state index in [0.29, 0.717) is 5.92 Å². The Labute approximate surface area is 131 Å². The van der Waals surface area contributed by atoms with Gasteiger partial charge in [-0.05, 0) is 37.5 Å². The van der Waals surface area contributed by atoms with Gasteiger partial charge in [-0.3, -0.25) is 11.3 Å². The van der Waals surface area contributed by atoms with E-state index < -0.39 is 0 Å². The van der Waals surface area contributed by atoms with Gasteiger partial charge in [0.05, 0.1) is 0 Å². The third-order valence-electron chi connectivity index (χ3n) is 4.17. The number of hydrogen-bond donors (Lipinski definition) is 2. The summed E-state index contributed by atoms with van der Waals surface area (Å²) < 4.78 is 0. The molecular formula is C18H22N2S. The van der Waals surface area contributed by atoms with Crippen LogP contribution in [0.25, 0.3) is 0 Å².